The van der Waals surface area contributed by atoms with Gasteiger partial charge in [-0.3, -0.25) is 4.79 Å². The minimum Gasteiger partial charge on any atom is -0.507 e. The van der Waals surface area contributed by atoms with E-state index in [9.17, 15) is 19.8 Å². The van der Waals surface area contributed by atoms with Gasteiger partial charge in [-0.1, -0.05) is 20.8 Å². The van der Waals surface area contributed by atoms with Gasteiger partial charge in [-0.15, -0.1) is 0 Å². The van der Waals surface area contributed by atoms with E-state index in [-0.39, 0.29) is 41.1 Å². The number of rotatable bonds is 6. The Labute approximate surface area is 268 Å². The van der Waals surface area contributed by atoms with Crippen molar-refractivity contribution in [3.8, 4) is 0 Å². The van der Waals surface area contributed by atoms with Crippen molar-refractivity contribution in [3.05, 3.63) is 91.5 Å². The Morgan fingerprint density at radius 2 is 1.52 bits per heavy atom. The molecular formula is C36H40N4O6. The Morgan fingerprint density at radius 3 is 2.11 bits per heavy atom. The predicted molar refractivity (Wildman–Crippen MR) is 176 cm³/mol. The van der Waals surface area contributed by atoms with Crippen LogP contribution in [-0.2, 0) is 19.1 Å². The van der Waals surface area contributed by atoms with Crippen LogP contribution in [-0.4, -0.2) is 59.1 Å². The molecular weight excluding hydrogens is 584 g/mol. The lowest BCUT2D eigenvalue weighted by Crippen LogP contribution is -2.44. The van der Waals surface area contributed by atoms with Crippen molar-refractivity contribution in [2.24, 2.45) is 26.8 Å². The summed E-state index contributed by atoms with van der Waals surface area (Å²) in [5, 5.41) is 27.3. The molecule has 46 heavy (non-hydrogen) atoms. The molecule has 0 saturated carbocycles. The number of hydrogen-bond donors (Lipinski definition) is 3. The summed E-state index contributed by atoms with van der Waals surface area (Å²) < 4.78 is 10.0. The number of aliphatic hydroxyl groups is 2. The fraction of sp³-hybridized carbons (Fsp3) is 0.417. The van der Waals surface area contributed by atoms with Crippen LogP contribution in [0.3, 0.4) is 0 Å². The Hall–Kier alpha value is -4.57. The maximum absolute atomic E-state index is 13.4. The van der Waals surface area contributed by atoms with Gasteiger partial charge in [0.05, 0.1) is 48.4 Å². The van der Waals surface area contributed by atoms with Crippen molar-refractivity contribution in [1.82, 2.24) is 5.32 Å². The summed E-state index contributed by atoms with van der Waals surface area (Å²) in [5.41, 5.74) is 8.22. The zero-order chi connectivity index (χ0) is 33.2. The SMILES string of the molecule is CCC1=C(C)C2=NC1=CC1=C(C)C3=C(O)C(O)(C(=O)OC)C(=C4NC(=CC5=NC(=C2)C(CC)=C5C)[C@@H](C)[C@@H]4CCC(=O)OC)C3=N1. The zero-order valence-electron chi connectivity index (χ0n) is 27.6. The number of ether oxygens (including phenoxy) is 2. The summed E-state index contributed by atoms with van der Waals surface area (Å²) in [6, 6.07) is 0. The number of allylic oxidation sites excluding steroid dienone is 11. The van der Waals surface area contributed by atoms with E-state index in [1.165, 1.54) is 14.2 Å². The summed E-state index contributed by atoms with van der Waals surface area (Å²) in [6.07, 6.45) is 7.96. The number of aliphatic imine (C=N–C) groups is 3. The van der Waals surface area contributed by atoms with Crippen LogP contribution in [0, 0.1) is 11.8 Å². The molecule has 1 fully saturated rings. The molecule has 0 aromatic rings. The van der Waals surface area contributed by atoms with Crippen molar-refractivity contribution in [3.63, 3.8) is 0 Å². The van der Waals surface area contributed by atoms with E-state index in [0.717, 1.165) is 63.6 Å². The third-order valence-corrected chi connectivity index (χ3v) is 10.1. The number of esters is 2. The first-order valence-corrected chi connectivity index (χ1v) is 15.8. The summed E-state index contributed by atoms with van der Waals surface area (Å²) in [6.45, 7) is 12.2. The molecule has 6 rings (SSSR count). The standard InChI is InChI=1S/C36H40N4O6/c1-9-20-16(3)23-13-25-18(5)22(11-12-29(41)45-7)32(39-25)31-33-30(34(42)36(31,44)35(43)46-8)19(6)26(40-33)15-28-21(10-2)17(4)24(38-28)14-27(20)37-23/h13-15,18,22,39,42,44H,9-12H2,1-8H3/t18-,22-,36?/m0/s1. The molecule has 1 saturated heterocycles. The van der Waals surface area contributed by atoms with E-state index >= 15 is 0 Å². The lowest BCUT2D eigenvalue weighted by Gasteiger charge is -2.26. The van der Waals surface area contributed by atoms with Gasteiger partial charge in [0.25, 0.3) is 0 Å². The second kappa shape index (κ2) is 11.3. The van der Waals surface area contributed by atoms with Gasteiger partial charge in [0.2, 0.25) is 5.60 Å². The van der Waals surface area contributed by atoms with E-state index < -0.39 is 17.3 Å². The fourth-order valence-electron chi connectivity index (χ4n) is 7.40. The van der Waals surface area contributed by atoms with Crippen LogP contribution >= 0.6 is 0 Å². The molecule has 10 nitrogen and oxygen atoms in total. The van der Waals surface area contributed by atoms with E-state index in [0.29, 0.717) is 23.4 Å². The highest BCUT2D eigenvalue weighted by molar-refractivity contribution is 6.26. The number of carbonyl (C=O) groups is 2. The molecule has 0 aromatic carbocycles. The Kier molecular flexibility index (Phi) is 7.75. The van der Waals surface area contributed by atoms with Crippen LogP contribution in [0.5, 0.6) is 0 Å². The lowest BCUT2D eigenvalue weighted by molar-refractivity contribution is -0.156. The molecule has 3 atom stereocenters. The maximum atomic E-state index is 13.4. The highest BCUT2D eigenvalue weighted by Gasteiger charge is 2.59. The van der Waals surface area contributed by atoms with Crippen molar-refractivity contribution >= 4 is 29.1 Å². The van der Waals surface area contributed by atoms with Gasteiger partial charge < -0.3 is 25.0 Å². The number of nitrogens with one attached hydrogen (secondary N) is 1. The molecule has 5 heterocycles. The van der Waals surface area contributed by atoms with Crippen molar-refractivity contribution in [2.75, 3.05) is 14.2 Å². The molecule has 0 spiro atoms. The average Bonchev–Trinajstić information content (AvgIpc) is 3.76. The topological polar surface area (TPSA) is 142 Å². The second-order valence-electron chi connectivity index (χ2n) is 12.4. The van der Waals surface area contributed by atoms with Crippen LogP contribution < -0.4 is 5.32 Å². The zero-order valence-corrected chi connectivity index (χ0v) is 27.6. The van der Waals surface area contributed by atoms with Gasteiger partial charge >= 0.3 is 11.9 Å². The molecule has 3 N–H and O–H groups in total. The van der Waals surface area contributed by atoms with Gasteiger partial charge in [0.1, 0.15) is 0 Å². The molecule has 240 valence electrons. The van der Waals surface area contributed by atoms with Crippen LogP contribution in [0.15, 0.2) is 106 Å². The number of hydrogen-bond acceptors (Lipinski definition) is 10. The number of aliphatic hydroxyl groups excluding tert-OH is 1. The number of fused-ring (bicyclic) bond motifs is 5. The van der Waals surface area contributed by atoms with E-state index in [1.807, 2.05) is 19.1 Å². The Balaban J connectivity index is 1.68. The smallest absolute Gasteiger partial charge is 0.350 e. The number of methoxy groups -OCH3 is 2. The quantitative estimate of drug-likeness (QED) is 0.330. The van der Waals surface area contributed by atoms with Crippen molar-refractivity contribution in [1.29, 1.82) is 0 Å². The van der Waals surface area contributed by atoms with Gasteiger partial charge in [-0.25, -0.2) is 19.8 Å². The third kappa shape index (κ3) is 4.45. The number of carbonyl (C=O) groups excluding carboxylic acids is 2. The second-order valence-corrected chi connectivity index (χ2v) is 12.4. The minimum absolute atomic E-state index is 0.111. The molecule has 0 radical (unpaired) electrons. The largest absolute Gasteiger partial charge is 0.507 e. The molecule has 0 aromatic heterocycles. The number of nitrogens with zero attached hydrogens (tertiary/aromatic N) is 3. The first-order valence-electron chi connectivity index (χ1n) is 15.8. The van der Waals surface area contributed by atoms with Gasteiger partial charge in [-0.2, -0.15) is 0 Å². The van der Waals surface area contributed by atoms with Crippen LogP contribution in [0.4, 0.5) is 0 Å². The molecule has 0 amide bonds. The minimum atomic E-state index is -2.51. The summed E-state index contributed by atoms with van der Waals surface area (Å²) in [4.78, 5) is 40.8. The van der Waals surface area contributed by atoms with Crippen molar-refractivity contribution in [2.45, 2.75) is 72.8 Å². The summed E-state index contributed by atoms with van der Waals surface area (Å²) in [7, 11) is 2.51. The van der Waals surface area contributed by atoms with Crippen LogP contribution in [0.2, 0.25) is 0 Å². The molecule has 1 aliphatic carbocycles. The summed E-state index contributed by atoms with van der Waals surface area (Å²) in [5.74, 6) is -2.49. The lowest BCUT2D eigenvalue weighted by atomic mass is 9.83. The summed E-state index contributed by atoms with van der Waals surface area (Å²) >= 11 is 0. The van der Waals surface area contributed by atoms with Crippen molar-refractivity contribution < 1.29 is 29.3 Å². The first kappa shape index (κ1) is 31.4. The Morgan fingerprint density at radius 1 is 0.913 bits per heavy atom. The first-order chi connectivity index (χ1) is 21.9. The fourth-order valence-corrected chi connectivity index (χ4v) is 7.40. The molecule has 8 bridgehead atoms. The highest BCUT2D eigenvalue weighted by Crippen LogP contribution is 2.50. The predicted octanol–water partition coefficient (Wildman–Crippen LogP) is 5.54. The van der Waals surface area contributed by atoms with E-state index in [2.05, 4.69) is 39.1 Å². The monoisotopic (exact) mass is 624 g/mol. The van der Waals surface area contributed by atoms with E-state index in [4.69, 9.17) is 24.5 Å². The molecule has 6 aliphatic rings. The maximum Gasteiger partial charge on any atom is 0.350 e. The van der Waals surface area contributed by atoms with E-state index in [1.54, 1.807) is 6.92 Å². The third-order valence-electron chi connectivity index (χ3n) is 10.1. The molecule has 1 unspecified atom stereocenters. The van der Waals surface area contributed by atoms with Gasteiger partial charge in [0, 0.05) is 40.8 Å². The van der Waals surface area contributed by atoms with Gasteiger partial charge in [-0.05, 0) is 86.1 Å². The van der Waals surface area contributed by atoms with Crippen LogP contribution in [0.1, 0.15) is 67.2 Å². The highest BCUT2D eigenvalue weighted by atomic mass is 16.5. The molecule has 5 aliphatic heterocycles. The molecule has 10 heteroatoms. The van der Waals surface area contributed by atoms with Crippen LogP contribution in [0.25, 0.3) is 0 Å². The van der Waals surface area contributed by atoms with Gasteiger partial charge in [0.15, 0.2) is 5.76 Å². The average molecular weight is 625 g/mol. The normalized spacial score (nSPS) is 26.7. The Bertz CT molecular complexity index is 1850.